The van der Waals surface area contributed by atoms with Crippen molar-refractivity contribution in [2.45, 2.75) is 33.4 Å². The van der Waals surface area contributed by atoms with Gasteiger partial charge in [0.1, 0.15) is 5.65 Å². The van der Waals surface area contributed by atoms with Crippen molar-refractivity contribution in [3.63, 3.8) is 0 Å². The molecule has 0 atom stereocenters. The van der Waals surface area contributed by atoms with Gasteiger partial charge in [0, 0.05) is 35.4 Å². The van der Waals surface area contributed by atoms with E-state index in [0.29, 0.717) is 0 Å². The van der Waals surface area contributed by atoms with Gasteiger partial charge < -0.3 is 9.88 Å². The highest BCUT2D eigenvalue weighted by atomic mass is 32.1. The lowest BCUT2D eigenvalue weighted by atomic mass is 10.2. The van der Waals surface area contributed by atoms with Gasteiger partial charge in [-0.2, -0.15) is 0 Å². The van der Waals surface area contributed by atoms with Crippen molar-refractivity contribution >= 4 is 22.4 Å². The molecule has 0 spiro atoms. The number of aryl methyl sites for hydroxylation is 1. The van der Waals surface area contributed by atoms with E-state index in [4.69, 9.17) is 0 Å². The highest BCUT2D eigenvalue weighted by Crippen LogP contribution is 2.22. The molecule has 0 amide bonds. The van der Waals surface area contributed by atoms with Gasteiger partial charge in [0.15, 0.2) is 0 Å². The second-order valence-corrected chi connectivity index (χ2v) is 6.50. The first kappa shape index (κ1) is 14.2. The van der Waals surface area contributed by atoms with Crippen molar-refractivity contribution in [3.05, 3.63) is 46.2 Å². The summed E-state index contributed by atoms with van der Waals surface area (Å²) in [6.07, 6.45) is 7.19. The first-order valence-electron chi connectivity index (χ1n) is 7.32. The highest BCUT2D eigenvalue weighted by molar-refractivity contribution is 7.11. The summed E-state index contributed by atoms with van der Waals surface area (Å²) in [7, 11) is 0. The van der Waals surface area contributed by atoms with Gasteiger partial charge in [-0.1, -0.05) is 6.92 Å². The molecule has 0 aliphatic heterocycles. The Hall–Kier alpha value is -1.72. The van der Waals surface area contributed by atoms with E-state index in [1.807, 2.05) is 25.4 Å². The minimum Gasteiger partial charge on any atom is -0.327 e. The Kier molecular flexibility index (Phi) is 4.31. The van der Waals surface area contributed by atoms with Crippen LogP contribution in [-0.4, -0.2) is 21.1 Å². The summed E-state index contributed by atoms with van der Waals surface area (Å²) in [5.74, 6) is 0. The molecule has 4 nitrogen and oxygen atoms in total. The van der Waals surface area contributed by atoms with Gasteiger partial charge in [-0.25, -0.2) is 9.97 Å². The topological polar surface area (TPSA) is 42.7 Å². The predicted octanol–water partition coefficient (Wildman–Crippen LogP) is 3.35. The first-order valence-corrected chi connectivity index (χ1v) is 8.14. The standard InChI is InChI=1S/C16H20N4S/c1-3-6-17-8-13-10-20(11-14-9-19-12(2)21-14)16-15(13)5-4-7-18-16/h4-5,7,9-10,17H,3,6,8,11H2,1-2H3. The monoisotopic (exact) mass is 300 g/mol. The fourth-order valence-electron chi connectivity index (χ4n) is 2.50. The van der Waals surface area contributed by atoms with E-state index < -0.39 is 0 Å². The van der Waals surface area contributed by atoms with Crippen LogP contribution >= 0.6 is 11.3 Å². The molecule has 0 fully saturated rings. The maximum Gasteiger partial charge on any atom is 0.140 e. The van der Waals surface area contributed by atoms with Gasteiger partial charge in [0.2, 0.25) is 0 Å². The third kappa shape index (κ3) is 3.14. The van der Waals surface area contributed by atoms with Crippen LogP contribution in [0.3, 0.4) is 0 Å². The van der Waals surface area contributed by atoms with Crippen LogP contribution in [0.1, 0.15) is 28.8 Å². The quantitative estimate of drug-likeness (QED) is 0.710. The van der Waals surface area contributed by atoms with Gasteiger partial charge in [0.05, 0.1) is 11.6 Å². The molecule has 0 radical (unpaired) electrons. The van der Waals surface area contributed by atoms with Crippen molar-refractivity contribution in [2.75, 3.05) is 6.54 Å². The molecule has 3 heterocycles. The molecular weight excluding hydrogens is 280 g/mol. The van der Waals surface area contributed by atoms with Crippen LogP contribution in [0, 0.1) is 6.92 Å². The number of nitrogens with one attached hydrogen (secondary N) is 1. The highest BCUT2D eigenvalue weighted by Gasteiger charge is 2.10. The minimum atomic E-state index is 0.840. The summed E-state index contributed by atoms with van der Waals surface area (Å²) in [6, 6.07) is 4.16. The lowest BCUT2D eigenvalue weighted by molar-refractivity contribution is 0.675. The van der Waals surface area contributed by atoms with E-state index in [1.165, 1.54) is 15.8 Å². The maximum absolute atomic E-state index is 4.55. The molecule has 110 valence electrons. The number of aromatic nitrogens is 3. The molecule has 3 aromatic rings. The van der Waals surface area contributed by atoms with Crippen LogP contribution in [0.25, 0.3) is 11.0 Å². The maximum atomic E-state index is 4.55. The molecule has 3 rings (SSSR count). The largest absolute Gasteiger partial charge is 0.327 e. The Labute approximate surface area is 128 Å². The van der Waals surface area contributed by atoms with Gasteiger partial charge in [-0.15, -0.1) is 11.3 Å². The zero-order valence-electron chi connectivity index (χ0n) is 12.5. The molecule has 5 heteroatoms. The molecule has 0 saturated carbocycles. The molecule has 0 aliphatic carbocycles. The van der Waals surface area contributed by atoms with Crippen molar-refractivity contribution in [1.29, 1.82) is 0 Å². The summed E-state index contributed by atoms with van der Waals surface area (Å²) in [5.41, 5.74) is 2.37. The average molecular weight is 300 g/mol. The number of pyridine rings is 1. The second-order valence-electron chi connectivity index (χ2n) is 5.18. The van der Waals surface area contributed by atoms with Crippen LogP contribution in [0.15, 0.2) is 30.7 Å². The zero-order valence-corrected chi connectivity index (χ0v) is 13.3. The van der Waals surface area contributed by atoms with Crippen LogP contribution < -0.4 is 5.32 Å². The molecule has 0 aromatic carbocycles. The Morgan fingerprint density at radius 2 is 2.24 bits per heavy atom. The summed E-state index contributed by atoms with van der Waals surface area (Å²) in [6.45, 7) is 7.00. The van der Waals surface area contributed by atoms with Crippen molar-refractivity contribution in [2.24, 2.45) is 0 Å². The van der Waals surface area contributed by atoms with E-state index >= 15 is 0 Å². The van der Waals surface area contributed by atoms with Gasteiger partial charge in [-0.05, 0) is 37.6 Å². The lowest BCUT2D eigenvalue weighted by Gasteiger charge is -2.01. The van der Waals surface area contributed by atoms with E-state index in [-0.39, 0.29) is 0 Å². The molecule has 0 aliphatic rings. The number of rotatable bonds is 6. The Morgan fingerprint density at radius 3 is 3.00 bits per heavy atom. The van der Waals surface area contributed by atoms with Crippen LogP contribution in [0.5, 0.6) is 0 Å². The van der Waals surface area contributed by atoms with Crippen molar-refractivity contribution in [1.82, 2.24) is 19.9 Å². The van der Waals surface area contributed by atoms with E-state index in [0.717, 1.165) is 36.7 Å². The smallest absolute Gasteiger partial charge is 0.140 e. The molecule has 0 unspecified atom stereocenters. The Bertz CT molecular complexity index is 729. The van der Waals surface area contributed by atoms with Crippen LogP contribution in [0.2, 0.25) is 0 Å². The Balaban J connectivity index is 1.90. The van der Waals surface area contributed by atoms with Crippen molar-refractivity contribution in [3.8, 4) is 0 Å². The van der Waals surface area contributed by atoms with Gasteiger partial charge >= 0.3 is 0 Å². The fraction of sp³-hybridized carbons (Fsp3) is 0.375. The van der Waals surface area contributed by atoms with Crippen LogP contribution in [0.4, 0.5) is 0 Å². The third-order valence-electron chi connectivity index (χ3n) is 3.45. The molecule has 0 bridgehead atoms. The second kappa shape index (κ2) is 6.37. The predicted molar refractivity (Wildman–Crippen MR) is 87.7 cm³/mol. The van der Waals surface area contributed by atoms with E-state index in [9.17, 15) is 0 Å². The lowest BCUT2D eigenvalue weighted by Crippen LogP contribution is -2.13. The minimum absolute atomic E-state index is 0.840. The van der Waals surface area contributed by atoms with Gasteiger partial charge in [-0.3, -0.25) is 0 Å². The Morgan fingerprint density at radius 1 is 1.33 bits per heavy atom. The molecule has 1 N–H and O–H groups in total. The number of hydrogen-bond acceptors (Lipinski definition) is 4. The number of thiazole rings is 1. The fourth-order valence-corrected chi connectivity index (χ4v) is 3.30. The van der Waals surface area contributed by atoms with Gasteiger partial charge in [0.25, 0.3) is 0 Å². The van der Waals surface area contributed by atoms with Crippen molar-refractivity contribution < 1.29 is 0 Å². The van der Waals surface area contributed by atoms with Crippen LogP contribution in [-0.2, 0) is 13.1 Å². The van der Waals surface area contributed by atoms with E-state index in [2.05, 4.69) is 39.0 Å². The third-order valence-corrected chi connectivity index (χ3v) is 4.35. The van der Waals surface area contributed by atoms with E-state index in [1.54, 1.807) is 11.3 Å². The zero-order chi connectivity index (χ0) is 14.7. The molecular formula is C16H20N4S. The average Bonchev–Trinajstić information content (AvgIpc) is 3.05. The number of nitrogens with zero attached hydrogens (tertiary/aromatic N) is 3. The number of hydrogen-bond donors (Lipinski definition) is 1. The SMILES string of the molecule is CCCNCc1cn(Cc2cnc(C)s2)c2ncccc12. The molecule has 21 heavy (non-hydrogen) atoms. The first-order chi connectivity index (χ1) is 10.3. The summed E-state index contributed by atoms with van der Waals surface area (Å²) in [4.78, 5) is 10.2. The molecule has 3 aromatic heterocycles. The normalized spacial score (nSPS) is 11.3. The number of fused-ring (bicyclic) bond motifs is 1. The summed E-state index contributed by atoms with van der Waals surface area (Å²) in [5, 5.41) is 5.82. The molecule has 0 saturated heterocycles. The summed E-state index contributed by atoms with van der Waals surface area (Å²) < 4.78 is 2.23. The summed E-state index contributed by atoms with van der Waals surface area (Å²) >= 11 is 1.75.